The van der Waals surface area contributed by atoms with Gasteiger partial charge in [0, 0.05) is 6.42 Å². The van der Waals surface area contributed by atoms with Gasteiger partial charge in [-0.3, -0.25) is 0 Å². The maximum Gasteiger partial charge on any atom is 0.414 e. The molecular formula is C13H17F3O. The third kappa shape index (κ3) is 4.04. The Morgan fingerprint density at radius 1 is 1.18 bits per heavy atom. The summed E-state index contributed by atoms with van der Waals surface area (Å²) in [5.41, 5.74) is 1.35. The molecule has 0 radical (unpaired) electrons. The van der Waals surface area contributed by atoms with Crippen molar-refractivity contribution in [1.82, 2.24) is 0 Å². The number of alkyl halides is 3. The molecular weight excluding hydrogens is 229 g/mol. The lowest BCUT2D eigenvalue weighted by molar-refractivity contribution is -0.203. The highest BCUT2D eigenvalue weighted by Crippen LogP contribution is 2.26. The molecule has 4 heteroatoms. The van der Waals surface area contributed by atoms with Crippen molar-refractivity contribution in [1.29, 1.82) is 0 Å². The molecule has 0 aliphatic carbocycles. The van der Waals surface area contributed by atoms with E-state index in [0.717, 1.165) is 5.56 Å². The van der Waals surface area contributed by atoms with Gasteiger partial charge in [0.25, 0.3) is 0 Å². The van der Waals surface area contributed by atoms with Gasteiger partial charge in [-0.05, 0) is 16.5 Å². The lowest BCUT2D eigenvalue weighted by atomic mass is 9.86. The van der Waals surface area contributed by atoms with E-state index >= 15 is 0 Å². The van der Waals surface area contributed by atoms with Crippen molar-refractivity contribution in [3.63, 3.8) is 0 Å². The van der Waals surface area contributed by atoms with E-state index < -0.39 is 18.7 Å². The third-order valence-electron chi connectivity index (χ3n) is 2.60. The fourth-order valence-corrected chi connectivity index (χ4v) is 1.50. The Labute approximate surface area is 99.3 Å². The topological polar surface area (TPSA) is 20.2 Å². The average molecular weight is 246 g/mol. The van der Waals surface area contributed by atoms with Gasteiger partial charge in [-0.1, -0.05) is 45.0 Å². The molecule has 1 nitrogen and oxygen atoms in total. The van der Waals surface area contributed by atoms with Gasteiger partial charge in [0.05, 0.1) is 0 Å². The van der Waals surface area contributed by atoms with E-state index in [1.54, 1.807) is 18.2 Å². The van der Waals surface area contributed by atoms with Crippen LogP contribution in [0.5, 0.6) is 0 Å². The van der Waals surface area contributed by atoms with Crippen LogP contribution < -0.4 is 0 Å². The van der Waals surface area contributed by atoms with Gasteiger partial charge in [-0.25, -0.2) is 0 Å². The summed E-state index contributed by atoms with van der Waals surface area (Å²) in [6.45, 7) is 5.98. The number of aliphatic hydroxyl groups excluding tert-OH is 1. The quantitative estimate of drug-likeness (QED) is 0.847. The number of aliphatic hydroxyl groups is 1. The van der Waals surface area contributed by atoms with Crippen molar-refractivity contribution < 1.29 is 18.3 Å². The summed E-state index contributed by atoms with van der Waals surface area (Å²) in [6, 6.07) is 6.92. The van der Waals surface area contributed by atoms with Gasteiger partial charge in [0.15, 0.2) is 6.10 Å². The Morgan fingerprint density at radius 2 is 1.76 bits per heavy atom. The van der Waals surface area contributed by atoms with Crippen molar-refractivity contribution in [2.24, 2.45) is 0 Å². The molecule has 0 heterocycles. The van der Waals surface area contributed by atoms with Crippen molar-refractivity contribution >= 4 is 0 Å². The van der Waals surface area contributed by atoms with Gasteiger partial charge in [0.1, 0.15) is 0 Å². The molecule has 1 aromatic carbocycles. The van der Waals surface area contributed by atoms with Gasteiger partial charge >= 0.3 is 6.18 Å². The van der Waals surface area contributed by atoms with Crippen LogP contribution in [0.3, 0.4) is 0 Å². The molecule has 0 saturated heterocycles. The summed E-state index contributed by atoms with van der Waals surface area (Å²) in [6.07, 6.45) is -7.25. The van der Waals surface area contributed by atoms with Crippen LogP contribution in [0.1, 0.15) is 31.9 Å². The SMILES string of the molecule is CC(C)(C)c1cccc(CC(O)C(F)(F)F)c1. The standard InChI is InChI=1S/C13H17F3O/c1-12(2,3)10-6-4-5-9(7-10)8-11(17)13(14,15)16/h4-7,11,17H,8H2,1-3H3. The van der Waals surface area contributed by atoms with E-state index in [1.165, 1.54) is 0 Å². The van der Waals surface area contributed by atoms with Crippen LogP contribution in [0.25, 0.3) is 0 Å². The molecule has 1 N–H and O–H groups in total. The molecule has 96 valence electrons. The molecule has 17 heavy (non-hydrogen) atoms. The minimum absolute atomic E-state index is 0.112. The Morgan fingerprint density at radius 3 is 2.24 bits per heavy atom. The highest BCUT2D eigenvalue weighted by Gasteiger charge is 2.38. The first-order valence-electron chi connectivity index (χ1n) is 5.45. The molecule has 1 unspecified atom stereocenters. The smallest absolute Gasteiger partial charge is 0.383 e. The van der Waals surface area contributed by atoms with Crippen LogP contribution in [-0.4, -0.2) is 17.4 Å². The maximum absolute atomic E-state index is 12.2. The number of rotatable bonds is 2. The Kier molecular flexibility index (Phi) is 3.87. The van der Waals surface area contributed by atoms with E-state index in [4.69, 9.17) is 5.11 Å². The fraction of sp³-hybridized carbons (Fsp3) is 0.538. The predicted octanol–water partition coefficient (Wildman–Crippen LogP) is 3.45. The van der Waals surface area contributed by atoms with Gasteiger partial charge < -0.3 is 5.11 Å². The molecule has 1 aromatic rings. The molecule has 0 spiro atoms. The van der Waals surface area contributed by atoms with E-state index in [1.807, 2.05) is 26.8 Å². The summed E-state index contributed by atoms with van der Waals surface area (Å²) < 4.78 is 36.7. The molecule has 0 aliphatic rings. The lowest BCUT2D eigenvalue weighted by Gasteiger charge is -2.21. The minimum Gasteiger partial charge on any atom is -0.383 e. The minimum atomic E-state index is -4.56. The Hall–Kier alpha value is -1.03. The van der Waals surface area contributed by atoms with Crippen LogP contribution in [0.4, 0.5) is 13.2 Å². The fourth-order valence-electron chi connectivity index (χ4n) is 1.50. The number of halogens is 3. The molecule has 1 atom stereocenters. The van der Waals surface area contributed by atoms with Crippen LogP contribution in [0.2, 0.25) is 0 Å². The second-order valence-electron chi connectivity index (χ2n) is 5.21. The summed E-state index contributed by atoms with van der Waals surface area (Å²) >= 11 is 0. The molecule has 1 rings (SSSR count). The number of hydrogen-bond acceptors (Lipinski definition) is 1. The van der Waals surface area contributed by atoms with E-state index in [2.05, 4.69) is 0 Å². The second kappa shape index (κ2) is 4.69. The molecule has 0 saturated carbocycles. The largest absolute Gasteiger partial charge is 0.414 e. The monoisotopic (exact) mass is 246 g/mol. The normalized spacial score (nSPS) is 14.8. The zero-order valence-electron chi connectivity index (χ0n) is 10.2. The summed E-state index contributed by atoms with van der Waals surface area (Å²) in [4.78, 5) is 0. The van der Waals surface area contributed by atoms with E-state index in [9.17, 15) is 13.2 Å². The zero-order valence-corrected chi connectivity index (χ0v) is 10.2. The van der Waals surface area contributed by atoms with Gasteiger partial charge in [0.2, 0.25) is 0 Å². The zero-order chi connectivity index (χ0) is 13.3. The molecule has 0 aromatic heterocycles. The summed E-state index contributed by atoms with van der Waals surface area (Å²) in [7, 11) is 0. The van der Waals surface area contributed by atoms with Gasteiger partial charge in [-0.2, -0.15) is 13.2 Å². The van der Waals surface area contributed by atoms with Crippen molar-refractivity contribution in [2.45, 2.75) is 44.9 Å². The van der Waals surface area contributed by atoms with Crippen LogP contribution in [-0.2, 0) is 11.8 Å². The van der Waals surface area contributed by atoms with E-state index in [-0.39, 0.29) is 5.41 Å². The molecule has 0 aliphatic heterocycles. The average Bonchev–Trinajstić information content (AvgIpc) is 2.15. The second-order valence-corrected chi connectivity index (χ2v) is 5.21. The van der Waals surface area contributed by atoms with Gasteiger partial charge in [-0.15, -0.1) is 0 Å². The number of benzene rings is 1. The highest BCUT2D eigenvalue weighted by atomic mass is 19.4. The maximum atomic E-state index is 12.2. The highest BCUT2D eigenvalue weighted by molar-refractivity contribution is 5.29. The molecule has 0 amide bonds. The van der Waals surface area contributed by atoms with E-state index in [0.29, 0.717) is 5.56 Å². The first-order valence-corrected chi connectivity index (χ1v) is 5.45. The third-order valence-corrected chi connectivity index (χ3v) is 2.60. The van der Waals surface area contributed by atoms with Crippen molar-refractivity contribution in [3.05, 3.63) is 35.4 Å². The Bertz CT molecular complexity index is 377. The first kappa shape index (κ1) is 14.0. The first-order chi connectivity index (χ1) is 7.60. The van der Waals surface area contributed by atoms with Crippen molar-refractivity contribution in [3.8, 4) is 0 Å². The lowest BCUT2D eigenvalue weighted by Crippen LogP contribution is -2.30. The van der Waals surface area contributed by atoms with Crippen molar-refractivity contribution in [2.75, 3.05) is 0 Å². The predicted molar refractivity (Wildman–Crippen MR) is 60.9 cm³/mol. The van der Waals surface area contributed by atoms with Crippen LogP contribution in [0, 0.1) is 0 Å². The number of hydrogen-bond donors (Lipinski definition) is 1. The molecule has 0 fully saturated rings. The summed E-state index contributed by atoms with van der Waals surface area (Å²) in [5.74, 6) is 0. The Balaban J connectivity index is 2.87. The molecule has 0 bridgehead atoms. The summed E-state index contributed by atoms with van der Waals surface area (Å²) in [5, 5.41) is 9.01. The van der Waals surface area contributed by atoms with Crippen LogP contribution >= 0.6 is 0 Å². The van der Waals surface area contributed by atoms with Crippen LogP contribution in [0.15, 0.2) is 24.3 Å².